The minimum absolute atomic E-state index is 0.282. The summed E-state index contributed by atoms with van der Waals surface area (Å²) in [7, 11) is 0. The first-order valence-electron chi connectivity index (χ1n) is 7.50. The molecule has 0 aromatic heterocycles. The number of unbranched alkanes of at least 4 members (excludes halogenated alkanes) is 4. The van der Waals surface area contributed by atoms with Crippen molar-refractivity contribution in [1.29, 1.82) is 0 Å². The number of hydrogen-bond acceptors (Lipinski definition) is 0. The van der Waals surface area contributed by atoms with Crippen LogP contribution in [-0.2, 0) is 0 Å². The molecule has 0 radical (unpaired) electrons. The molecule has 0 saturated heterocycles. The maximum atomic E-state index is 14.1. The van der Waals surface area contributed by atoms with Crippen molar-refractivity contribution in [1.82, 2.24) is 0 Å². The zero-order valence-corrected chi connectivity index (χ0v) is 11.5. The molecule has 0 heterocycles. The Morgan fingerprint density at radius 1 is 0.941 bits per heavy atom. The average molecular weight is 246 g/mol. The summed E-state index contributed by atoms with van der Waals surface area (Å²) in [4.78, 5) is 0. The van der Waals surface area contributed by atoms with Gasteiger partial charge in [-0.15, -0.1) is 0 Å². The van der Waals surface area contributed by atoms with Gasteiger partial charge in [0.2, 0.25) is 0 Å². The standard InChI is InChI=1S/C15H28F2/c1-3-5-7-8-10-13(9-6-4-2)15(16,17)14-11-12-14/h13-14H,3-12H2,1-2H3. The Kier molecular flexibility index (Phi) is 6.43. The molecule has 102 valence electrons. The van der Waals surface area contributed by atoms with E-state index in [1.165, 1.54) is 12.8 Å². The summed E-state index contributed by atoms with van der Waals surface area (Å²) >= 11 is 0. The summed E-state index contributed by atoms with van der Waals surface area (Å²) in [5.41, 5.74) is 0. The lowest BCUT2D eigenvalue weighted by molar-refractivity contribution is -0.0854. The van der Waals surface area contributed by atoms with Crippen LogP contribution < -0.4 is 0 Å². The minimum atomic E-state index is -2.37. The maximum Gasteiger partial charge on any atom is 0.253 e. The second kappa shape index (κ2) is 7.33. The largest absolute Gasteiger partial charge is 0.253 e. The van der Waals surface area contributed by atoms with E-state index in [2.05, 4.69) is 13.8 Å². The molecule has 0 spiro atoms. The maximum absolute atomic E-state index is 14.1. The van der Waals surface area contributed by atoms with Gasteiger partial charge in [0.15, 0.2) is 0 Å². The van der Waals surface area contributed by atoms with Crippen LogP contribution >= 0.6 is 0 Å². The summed E-state index contributed by atoms with van der Waals surface area (Å²) in [6.45, 7) is 4.25. The van der Waals surface area contributed by atoms with Crippen LogP contribution in [0.25, 0.3) is 0 Å². The van der Waals surface area contributed by atoms with E-state index >= 15 is 0 Å². The summed E-state index contributed by atoms with van der Waals surface area (Å²) in [6.07, 6.45) is 9.45. The lowest BCUT2D eigenvalue weighted by atomic mass is 9.87. The van der Waals surface area contributed by atoms with Crippen molar-refractivity contribution in [2.24, 2.45) is 11.8 Å². The van der Waals surface area contributed by atoms with Crippen LogP contribution in [0.3, 0.4) is 0 Å². The first kappa shape index (κ1) is 14.9. The van der Waals surface area contributed by atoms with Crippen LogP contribution in [-0.4, -0.2) is 5.92 Å². The van der Waals surface area contributed by atoms with Crippen LogP contribution in [0.1, 0.15) is 78.1 Å². The van der Waals surface area contributed by atoms with Gasteiger partial charge in [0.05, 0.1) is 0 Å². The van der Waals surface area contributed by atoms with Gasteiger partial charge < -0.3 is 0 Å². The van der Waals surface area contributed by atoms with Crippen molar-refractivity contribution in [3.63, 3.8) is 0 Å². The fourth-order valence-corrected chi connectivity index (χ4v) is 2.60. The van der Waals surface area contributed by atoms with Gasteiger partial charge >= 0.3 is 0 Å². The lowest BCUT2D eigenvalue weighted by Gasteiger charge is -2.27. The normalized spacial score (nSPS) is 18.4. The molecule has 1 saturated carbocycles. The van der Waals surface area contributed by atoms with Gasteiger partial charge in [-0.1, -0.05) is 52.4 Å². The Morgan fingerprint density at radius 3 is 2.06 bits per heavy atom. The van der Waals surface area contributed by atoms with Crippen LogP contribution in [0.4, 0.5) is 8.78 Å². The molecule has 1 atom stereocenters. The Bertz CT molecular complexity index is 197. The minimum Gasteiger partial charge on any atom is -0.206 e. The molecule has 0 aliphatic heterocycles. The van der Waals surface area contributed by atoms with Crippen molar-refractivity contribution in [3.8, 4) is 0 Å². The van der Waals surface area contributed by atoms with Gasteiger partial charge in [0, 0.05) is 11.8 Å². The zero-order valence-electron chi connectivity index (χ0n) is 11.5. The highest BCUT2D eigenvalue weighted by molar-refractivity contribution is 4.92. The predicted molar refractivity (Wildman–Crippen MR) is 69.4 cm³/mol. The van der Waals surface area contributed by atoms with E-state index in [9.17, 15) is 8.78 Å². The second-order valence-electron chi connectivity index (χ2n) is 5.64. The van der Waals surface area contributed by atoms with Crippen molar-refractivity contribution in [3.05, 3.63) is 0 Å². The highest BCUT2D eigenvalue weighted by atomic mass is 19.3. The molecule has 1 aliphatic carbocycles. The molecule has 1 fully saturated rings. The van der Waals surface area contributed by atoms with Crippen molar-refractivity contribution >= 4 is 0 Å². The average Bonchev–Trinajstić information content (AvgIpc) is 3.11. The third-order valence-electron chi connectivity index (χ3n) is 3.98. The fraction of sp³-hybridized carbons (Fsp3) is 1.00. The Morgan fingerprint density at radius 2 is 1.53 bits per heavy atom. The van der Waals surface area contributed by atoms with E-state index in [4.69, 9.17) is 0 Å². The summed E-state index contributed by atoms with van der Waals surface area (Å²) in [5.74, 6) is -3.00. The highest BCUT2D eigenvalue weighted by Crippen LogP contribution is 2.50. The molecular formula is C15H28F2. The molecule has 0 aromatic carbocycles. The van der Waals surface area contributed by atoms with Gasteiger partial charge in [-0.05, 0) is 25.7 Å². The van der Waals surface area contributed by atoms with Gasteiger partial charge in [-0.2, -0.15) is 0 Å². The summed E-state index contributed by atoms with van der Waals surface area (Å²) in [5, 5.41) is 0. The lowest BCUT2D eigenvalue weighted by Crippen LogP contribution is -2.30. The molecule has 0 amide bonds. The highest BCUT2D eigenvalue weighted by Gasteiger charge is 2.51. The third kappa shape index (κ3) is 4.93. The van der Waals surface area contributed by atoms with E-state index in [0.29, 0.717) is 0 Å². The molecule has 17 heavy (non-hydrogen) atoms. The zero-order chi connectivity index (χ0) is 12.7. The van der Waals surface area contributed by atoms with E-state index in [0.717, 1.165) is 51.4 Å². The Hall–Kier alpha value is -0.140. The van der Waals surface area contributed by atoms with E-state index < -0.39 is 5.92 Å². The smallest absolute Gasteiger partial charge is 0.206 e. The SMILES string of the molecule is CCCCCCC(CCCC)C(F)(F)C1CC1. The first-order valence-corrected chi connectivity index (χ1v) is 7.50. The topological polar surface area (TPSA) is 0 Å². The molecular weight excluding hydrogens is 218 g/mol. The number of alkyl halides is 2. The van der Waals surface area contributed by atoms with Gasteiger partial charge in [0.25, 0.3) is 5.92 Å². The molecule has 1 aliphatic rings. The molecule has 0 N–H and O–H groups in total. The van der Waals surface area contributed by atoms with Crippen LogP contribution in [0, 0.1) is 11.8 Å². The van der Waals surface area contributed by atoms with Gasteiger partial charge in [-0.3, -0.25) is 0 Å². The van der Waals surface area contributed by atoms with Gasteiger partial charge in [-0.25, -0.2) is 8.78 Å². The van der Waals surface area contributed by atoms with Crippen molar-refractivity contribution in [2.75, 3.05) is 0 Å². The molecule has 0 bridgehead atoms. The number of rotatable bonds is 10. The van der Waals surface area contributed by atoms with Crippen molar-refractivity contribution in [2.45, 2.75) is 84.0 Å². The van der Waals surface area contributed by atoms with Crippen LogP contribution in [0.5, 0.6) is 0 Å². The molecule has 0 aromatic rings. The first-order chi connectivity index (χ1) is 8.12. The van der Waals surface area contributed by atoms with E-state index in [1.54, 1.807) is 0 Å². The summed E-state index contributed by atoms with van der Waals surface area (Å²) in [6, 6.07) is 0. The Labute approximate surface area is 105 Å². The quantitative estimate of drug-likeness (QED) is 0.427. The monoisotopic (exact) mass is 246 g/mol. The third-order valence-corrected chi connectivity index (χ3v) is 3.98. The fourth-order valence-electron chi connectivity index (χ4n) is 2.60. The van der Waals surface area contributed by atoms with E-state index in [-0.39, 0.29) is 11.8 Å². The van der Waals surface area contributed by atoms with Crippen molar-refractivity contribution < 1.29 is 8.78 Å². The molecule has 1 rings (SSSR count). The molecule has 0 nitrogen and oxygen atoms in total. The van der Waals surface area contributed by atoms with Crippen LogP contribution in [0.2, 0.25) is 0 Å². The number of halogens is 2. The number of hydrogen-bond donors (Lipinski definition) is 0. The second-order valence-corrected chi connectivity index (χ2v) is 5.64. The van der Waals surface area contributed by atoms with E-state index in [1.807, 2.05) is 0 Å². The summed E-state index contributed by atoms with van der Waals surface area (Å²) < 4.78 is 28.2. The van der Waals surface area contributed by atoms with Gasteiger partial charge in [0.1, 0.15) is 0 Å². The molecule has 2 heteroatoms. The molecule has 1 unspecified atom stereocenters. The Balaban J connectivity index is 2.36. The predicted octanol–water partition coefficient (Wildman–Crippen LogP) is 5.81. The van der Waals surface area contributed by atoms with Crippen LogP contribution in [0.15, 0.2) is 0 Å².